The highest BCUT2D eigenvalue weighted by Crippen LogP contribution is 2.32. The van der Waals surface area contributed by atoms with Gasteiger partial charge in [0, 0.05) is 43.2 Å². The van der Waals surface area contributed by atoms with Gasteiger partial charge in [-0.15, -0.1) is 0 Å². The Morgan fingerprint density at radius 3 is 2.78 bits per heavy atom. The van der Waals surface area contributed by atoms with E-state index in [4.69, 9.17) is 22.1 Å². The van der Waals surface area contributed by atoms with E-state index in [2.05, 4.69) is 15.4 Å². The predicted molar refractivity (Wildman–Crippen MR) is 173 cm³/mol. The van der Waals surface area contributed by atoms with Crippen molar-refractivity contribution in [1.29, 1.82) is 0 Å². The molecule has 2 amide bonds. The summed E-state index contributed by atoms with van der Waals surface area (Å²) in [6.45, 7) is 1.41. The fourth-order valence-electron chi connectivity index (χ4n) is 5.83. The lowest BCUT2D eigenvalue weighted by Crippen LogP contribution is -2.46. The molecule has 0 aliphatic carbocycles. The zero-order valence-electron chi connectivity index (χ0n) is 24.7. The second-order valence-electron chi connectivity index (χ2n) is 11.3. The molecule has 2 aliphatic rings. The Morgan fingerprint density at radius 1 is 1.07 bits per heavy atom. The van der Waals surface area contributed by atoms with Gasteiger partial charge in [0.05, 0.1) is 29.0 Å². The zero-order chi connectivity index (χ0) is 31.3. The molecule has 0 spiro atoms. The molecule has 0 saturated carbocycles. The predicted octanol–water partition coefficient (Wildman–Crippen LogP) is 5.69. The van der Waals surface area contributed by atoms with E-state index in [0.717, 1.165) is 42.4 Å². The van der Waals surface area contributed by atoms with E-state index in [9.17, 15) is 14.0 Å². The molecule has 45 heavy (non-hydrogen) atoms. The molecule has 0 radical (unpaired) electrons. The minimum Gasteiger partial charge on any atom is -0.488 e. The highest BCUT2D eigenvalue weighted by atomic mass is 35.5. The van der Waals surface area contributed by atoms with Gasteiger partial charge in [-0.1, -0.05) is 48.7 Å². The number of carbonyl (C=O) groups is 2. The van der Waals surface area contributed by atoms with Gasteiger partial charge >= 0.3 is 0 Å². The molecule has 3 aromatic carbocycles. The molecule has 11 heteroatoms. The summed E-state index contributed by atoms with van der Waals surface area (Å²) in [4.78, 5) is 33.5. The van der Waals surface area contributed by atoms with Gasteiger partial charge in [0.15, 0.2) is 0 Å². The largest absolute Gasteiger partial charge is 0.488 e. The monoisotopic (exact) mass is 628 g/mol. The number of nitrogens with one attached hydrogen (secondary N) is 1. The second-order valence-corrected chi connectivity index (χ2v) is 11.7. The zero-order valence-corrected chi connectivity index (χ0v) is 25.4. The van der Waals surface area contributed by atoms with E-state index in [1.807, 2.05) is 48.7 Å². The Hall–Kier alpha value is -4.70. The number of hydrogen-bond acceptors (Lipinski definition) is 6. The van der Waals surface area contributed by atoms with Crippen molar-refractivity contribution in [2.75, 3.05) is 25.4 Å². The number of likely N-dealkylation sites (tertiary alicyclic amines) is 1. The first kappa shape index (κ1) is 30.3. The van der Waals surface area contributed by atoms with E-state index < -0.39 is 18.0 Å². The number of aliphatic imine (C=N–C) groups is 1. The highest BCUT2D eigenvalue weighted by molar-refractivity contribution is 6.32. The lowest BCUT2D eigenvalue weighted by molar-refractivity contribution is -0.124. The summed E-state index contributed by atoms with van der Waals surface area (Å²) >= 11 is 6.22. The summed E-state index contributed by atoms with van der Waals surface area (Å²) < 4.78 is 21.4. The number of nitrogens with zero attached hydrogens (tertiary/aromatic N) is 4. The molecule has 2 atom stereocenters. The Bertz CT molecular complexity index is 1740. The molecule has 2 aliphatic heterocycles. The summed E-state index contributed by atoms with van der Waals surface area (Å²) in [5, 5.41) is 7.46. The second kappa shape index (κ2) is 13.5. The lowest BCUT2D eigenvalue weighted by atomic mass is 9.98. The Morgan fingerprint density at radius 2 is 1.91 bits per heavy atom. The van der Waals surface area contributed by atoms with E-state index in [-0.39, 0.29) is 28.9 Å². The van der Waals surface area contributed by atoms with Gasteiger partial charge in [-0.2, -0.15) is 5.10 Å². The SMILES string of the molecule is Nc1cccc2c1C=NCCCCCCNC(=O)C1CC(CN1C(=O)c1cnn(-c3ccc(F)cc3Cl)c1)Oc1cccc-2c1. The van der Waals surface area contributed by atoms with Gasteiger partial charge < -0.3 is 20.7 Å². The van der Waals surface area contributed by atoms with E-state index in [1.54, 1.807) is 4.90 Å². The molecule has 2 unspecified atom stereocenters. The van der Waals surface area contributed by atoms with Crippen LogP contribution in [0.5, 0.6) is 5.75 Å². The van der Waals surface area contributed by atoms with Crippen molar-refractivity contribution in [3.8, 4) is 22.6 Å². The lowest BCUT2D eigenvalue weighted by Gasteiger charge is -2.23. The quantitative estimate of drug-likeness (QED) is 0.277. The molecule has 232 valence electrons. The van der Waals surface area contributed by atoms with Crippen molar-refractivity contribution < 1.29 is 18.7 Å². The number of rotatable bonds is 2. The molecule has 4 bridgehead atoms. The number of fused-ring (bicyclic) bond motifs is 6. The number of ether oxygens (including phenoxy) is 1. The van der Waals surface area contributed by atoms with Gasteiger partial charge in [-0.25, -0.2) is 9.07 Å². The van der Waals surface area contributed by atoms with Crippen LogP contribution in [0.3, 0.4) is 0 Å². The molecule has 1 fully saturated rings. The first-order valence-corrected chi connectivity index (χ1v) is 15.5. The third-order valence-electron chi connectivity index (χ3n) is 8.13. The molecular weight excluding hydrogens is 595 g/mol. The number of aromatic nitrogens is 2. The van der Waals surface area contributed by atoms with Crippen molar-refractivity contribution in [3.63, 3.8) is 0 Å². The minimum absolute atomic E-state index is 0.162. The molecule has 4 aromatic rings. The first-order valence-electron chi connectivity index (χ1n) is 15.1. The Kier molecular flexibility index (Phi) is 9.11. The van der Waals surface area contributed by atoms with Gasteiger partial charge in [-0.3, -0.25) is 14.6 Å². The molecule has 1 saturated heterocycles. The summed E-state index contributed by atoms with van der Waals surface area (Å²) in [6, 6.07) is 16.7. The van der Waals surface area contributed by atoms with Gasteiger partial charge in [0.1, 0.15) is 23.7 Å². The van der Waals surface area contributed by atoms with Crippen LogP contribution in [0.25, 0.3) is 16.8 Å². The van der Waals surface area contributed by atoms with Crippen molar-refractivity contribution in [2.45, 2.75) is 44.2 Å². The maximum absolute atomic E-state index is 13.8. The average molecular weight is 629 g/mol. The van der Waals surface area contributed by atoms with Crippen LogP contribution < -0.4 is 15.8 Å². The van der Waals surface area contributed by atoms with Crippen LogP contribution in [-0.4, -0.2) is 64.5 Å². The highest BCUT2D eigenvalue weighted by Gasteiger charge is 2.41. The molecule has 9 nitrogen and oxygen atoms in total. The minimum atomic E-state index is -0.723. The van der Waals surface area contributed by atoms with Crippen molar-refractivity contribution in [3.05, 3.63) is 95.0 Å². The molecular formula is C34H34ClFN6O3. The number of amides is 2. The maximum atomic E-state index is 13.8. The summed E-state index contributed by atoms with van der Waals surface area (Å²) in [5.74, 6) is -0.428. The number of halogens is 2. The summed E-state index contributed by atoms with van der Waals surface area (Å²) in [5.41, 5.74) is 10.5. The number of anilines is 1. The van der Waals surface area contributed by atoms with Crippen LogP contribution in [-0.2, 0) is 4.79 Å². The normalized spacial score (nSPS) is 19.1. The number of benzene rings is 3. The van der Waals surface area contributed by atoms with Crippen LogP contribution in [0.15, 0.2) is 78.0 Å². The third-order valence-corrected chi connectivity index (χ3v) is 8.44. The fraction of sp³-hybridized carbons (Fsp3) is 0.294. The molecule has 6 rings (SSSR count). The number of hydrogen-bond donors (Lipinski definition) is 2. The van der Waals surface area contributed by atoms with Gasteiger partial charge in [0.2, 0.25) is 5.91 Å². The van der Waals surface area contributed by atoms with Crippen molar-refractivity contribution >= 4 is 35.3 Å². The summed E-state index contributed by atoms with van der Waals surface area (Å²) in [7, 11) is 0. The van der Waals surface area contributed by atoms with Crippen LogP contribution in [0.4, 0.5) is 10.1 Å². The van der Waals surface area contributed by atoms with Crippen LogP contribution in [0.1, 0.15) is 48.0 Å². The number of carbonyl (C=O) groups excluding carboxylic acids is 2. The van der Waals surface area contributed by atoms with E-state index >= 15 is 0 Å². The Balaban J connectivity index is 1.28. The number of nitrogen functional groups attached to an aromatic ring is 1. The maximum Gasteiger partial charge on any atom is 0.257 e. The van der Waals surface area contributed by atoms with Crippen molar-refractivity contribution in [1.82, 2.24) is 20.0 Å². The smallest absolute Gasteiger partial charge is 0.257 e. The fourth-order valence-corrected chi connectivity index (χ4v) is 6.08. The Labute approximate surface area is 265 Å². The average Bonchev–Trinajstić information content (AvgIpc) is 3.68. The molecule has 1 aromatic heterocycles. The van der Waals surface area contributed by atoms with Crippen LogP contribution >= 0.6 is 11.6 Å². The van der Waals surface area contributed by atoms with Gasteiger partial charge in [0.25, 0.3) is 5.91 Å². The van der Waals surface area contributed by atoms with Crippen molar-refractivity contribution in [2.24, 2.45) is 4.99 Å². The van der Waals surface area contributed by atoms with Gasteiger partial charge in [-0.05, 0) is 60.4 Å². The van der Waals surface area contributed by atoms with E-state index in [0.29, 0.717) is 36.6 Å². The van der Waals surface area contributed by atoms with E-state index in [1.165, 1.54) is 35.3 Å². The topological polar surface area (TPSA) is 115 Å². The summed E-state index contributed by atoms with van der Waals surface area (Å²) in [6.07, 6.45) is 8.39. The standard InChI is InChI=1S/C34H34ClFN6O3/c35-29-16-24(36)11-12-31(29)42-20-23(18-40-42)34(44)41-21-26-17-32(41)33(43)39-14-4-2-1-3-13-38-19-28-27(9-6-10-30(28)37)22-7-5-8-25(15-22)45-26/h5-12,15-16,18-20,26,32H,1-4,13-14,17,21,37H2,(H,39,43). The molecule has 3 heterocycles. The van der Waals surface area contributed by atoms with Crippen LogP contribution in [0, 0.1) is 5.82 Å². The molecule has 3 N–H and O–H groups in total. The number of nitrogens with two attached hydrogens (primary N) is 1. The third kappa shape index (κ3) is 6.86. The van der Waals surface area contributed by atoms with Crippen LogP contribution in [0.2, 0.25) is 5.02 Å². The first-order chi connectivity index (χ1) is 21.9.